The van der Waals surface area contributed by atoms with E-state index in [1.165, 1.54) is 30.1 Å². The molecule has 11 heteroatoms. The summed E-state index contributed by atoms with van der Waals surface area (Å²) < 4.78 is 24.3. The molecule has 1 unspecified atom stereocenters. The summed E-state index contributed by atoms with van der Waals surface area (Å²) in [5, 5.41) is 0.700. The number of fused-ring (bicyclic) bond motifs is 1. The molecule has 1 aliphatic rings. The van der Waals surface area contributed by atoms with Crippen molar-refractivity contribution in [2.75, 3.05) is 20.8 Å². The predicted molar refractivity (Wildman–Crippen MR) is 167 cm³/mol. The van der Waals surface area contributed by atoms with Gasteiger partial charge in [-0.3, -0.25) is 9.36 Å². The van der Waals surface area contributed by atoms with Gasteiger partial charge in [0.25, 0.3) is 5.56 Å². The summed E-state index contributed by atoms with van der Waals surface area (Å²) in [5.74, 6) is 0.795. The van der Waals surface area contributed by atoms with Gasteiger partial charge in [-0.25, -0.2) is 9.79 Å². The van der Waals surface area contributed by atoms with E-state index in [2.05, 4.69) is 4.99 Å². The molecule has 0 bridgehead atoms. The number of allylic oxidation sites excluding steroid dienone is 1. The molecule has 0 fully saturated rings. The highest BCUT2D eigenvalue weighted by molar-refractivity contribution is 7.07. The largest absolute Gasteiger partial charge is 0.493 e. The number of benzene rings is 3. The minimum Gasteiger partial charge on any atom is -0.493 e. The first-order valence-electron chi connectivity index (χ1n) is 13.3. The average Bonchev–Trinajstić information content (AvgIpc) is 3.29. The van der Waals surface area contributed by atoms with E-state index in [9.17, 15) is 9.59 Å². The van der Waals surface area contributed by atoms with Gasteiger partial charge in [0.1, 0.15) is 12.4 Å². The molecule has 3 aromatic carbocycles. The Morgan fingerprint density at radius 2 is 1.79 bits per heavy atom. The number of thiazole rings is 1. The molecule has 2 heterocycles. The molecule has 1 atom stereocenters. The van der Waals surface area contributed by atoms with Gasteiger partial charge in [0.05, 0.1) is 47.7 Å². The highest BCUT2D eigenvalue weighted by atomic mass is 35.5. The van der Waals surface area contributed by atoms with Crippen molar-refractivity contribution in [3.63, 3.8) is 0 Å². The summed E-state index contributed by atoms with van der Waals surface area (Å²) in [5.41, 5.74) is 2.45. The minimum atomic E-state index is -0.825. The zero-order chi connectivity index (χ0) is 30.7. The standard InChI is InChI=1S/C32H28Cl2N2O6S/c1-5-41-31(38)27-18(2)35-32-36(28(27)20-11-12-24(39-3)25(14-20)40-4)30(37)26(43-32)15-21-13-22(33)16-23(34)29(21)42-17-19-9-7-6-8-10-19/h6-16,28H,5,17H2,1-4H3/b26-15-. The minimum absolute atomic E-state index is 0.167. The van der Waals surface area contributed by atoms with Crippen LogP contribution in [-0.2, 0) is 16.1 Å². The fraction of sp³-hybridized carbons (Fsp3) is 0.219. The first-order valence-corrected chi connectivity index (χ1v) is 14.9. The first kappa shape index (κ1) is 30.4. The molecule has 222 valence electrons. The van der Waals surface area contributed by atoms with Crippen LogP contribution in [0.1, 0.15) is 36.6 Å². The smallest absolute Gasteiger partial charge is 0.338 e. The number of hydrogen-bond donors (Lipinski definition) is 0. The Bertz CT molecular complexity index is 1900. The maximum atomic E-state index is 14.1. The van der Waals surface area contributed by atoms with Crippen molar-refractivity contribution in [1.29, 1.82) is 0 Å². The van der Waals surface area contributed by atoms with Crippen LogP contribution in [0.5, 0.6) is 17.2 Å². The van der Waals surface area contributed by atoms with Gasteiger partial charge in [0.15, 0.2) is 16.3 Å². The quantitative estimate of drug-likeness (QED) is 0.219. The van der Waals surface area contributed by atoms with Crippen LogP contribution in [0.3, 0.4) is 0 Å². The highest BCUT2D eigenvalue weighted by Crippen LogP contribution is 2.37. The molecular weight excluding hydrogens is 611 g/mol. The lowest BCUT2D eigenvalue weighted by Gasteiger charge is -2.25. The van der Waals surface area contributed by atoms with Gasteiger partial charge in [-0.2, -0.15) is 0 Å². The van der Waals surface area contributed by atoms with Gasteiger partial charge < -0.3 is 18.9 Å². The van der Waals surface area contributed by atoms with E-state index < -0.39 is 12.0 Å². The van der Waals surface area contributed by atoms with E-state index >= 15 is 0 Å². The molecule has 0 saturated carbocycles. The van der Waals surface area contributed by atoms with Gasteiger partial charge in [-0.1, -0.05) is 70.9 Å². The van der Waals surface area contributed by atoms with E-state index in [0.717, 1.165) is 5.56 Å². The van der Waals surface area contributed by atoms with Crippen molar-refractivity contribution in [3.8, 4) is 17.2 Å². The summed E-state index contributed by atoms with van der Waals surface area (Å²) in [7, 11) is 3.06. The number of rotatable bonds is 9. The van der Waals surface area contributed by atoms with Crippen LogP contribution in [0.4, 0.5) is 0 Å². The van der Waals surface area contributed by atoms with Crippen LogP contribution in [0.15, 0.2) is 81.7 Å². The third-order valence-electron chi connectivity index (χ3n) is 6.79. The van der Waals surface area contributed by atoms with Gasteiger partial charge in [0, 0.05) is 10.6 Å². The number of esters is 1. The molecule has 0 amide bonds. The van der Waals surface area contributed by atoms with E-state index in [0.29, 0.717) is 53.5 Å². The maximum Gasteiger partial charge on any atom is 0.338 e. The van der Waals surface area contributed by atoms with Crippen LogP contribution >= 0.6 is 34.5 Å². The van der Waals surface area contributed by atoms with Crippen molar-refractivity contribution in [2.24, 2.45) is 4.99 Å². The topological polar surface area (TPSA) is 88.4 Å². The first-order chi connectivity index (χ1) is 20.7. The van der Waals surface area contributed by atoms with Crippen LogP contribution in [0.25, 0.3) is 6.08 Å². The summed E-state index contributed by atoms with van der Waals surface area (Å²) in [6.45, 7) is 3.89. The van der Waals surface area contributed by atoms with Gasteiger partial charge in [0.2, 0.25) is 0 Å². The molecule has 0 radical (unpaired) electrons. The molecule has 1 aliphatic heterocycles. The SMILES string of the molecule is CCOC(=O)C1=C(C)N=c2s/c(=C\c3cc(Cl)cc(Cl)c3OCc3ccccc3)c(=O)n2C1c1ccc(OC)c(OC)c1. The molecule has 0 spiro atoms. The van der Waals surface area contributed by atoms with Crippen LogP contribution in [0, 0.1) is 0 Å². The fourth-order valence-electron chi connectivity index (χ4n) is 4.84. The monoisotopic (exact) mass is 638 g/mol. The zero-order valence-electron chi connectivity index (χ0n) is 23.9. The zero-order valence-corrected chi connectivity index (χ0v) is 26.2. The van der Waals surface area contributed by atoms with Crippen molar-refractivity contribution in [2.45, 2.75) is 26.5 Å². The number of carbonyl (C=O) groups is 1. The van der Waals surface area contributed by atoms with E-state index in [1.807, 2.05) is 30.3 Å². The van der Waals surface area contributed by atoms with Crippen molar-refractivity contribution >= 4 is 46.6 Å². The van der Waals surface area contributed by atoms with E-state index in [-0.39, 0.29) is 24.3 Å². The summed E-state index contributed by atoms with van der Waals surface area (Å²) >= 11 is 14.1. The fourth-order valence-corrected chi connectivity index (χ4v) is 6.44. The molecular formula is C32H28Cl2N2O6S. The van der Waals surface area contributed by atoms with E-state index in [4.69, 9.17) is 42.1 Å². The molecule has 5 rings (SSSR count). The molecule has 43 heavy (non-hydrogen) atoms. The summed E-state index contributed by atoms with van der Waals surface area (Å²) in [4.78, 5) is 32.4. The number of halogens is 2. The Morgan fingerprint density at radius 3 is 2.49 bits per heavy atom. The lowest BCUT2D eigenvalue weighted by atomic mass is 9.95. The van der Waals surface area contributed by atoms with Gasteiger partial charge in [-0.05, 0) is 55.3 Å². The van der Waals surface area contributed by atoms with Crippen LogP contribution in [-0.4, -0.2) is 31.4 Å². The Morgan fingerprint density at radius 1 is 1.05 bits per heavy atom. The average molecular weight is 640 g/mol. The molecule has 0 aliphatic carbocycles. The predicted octanol–water partition coefficient (Wildman–Crippen LogP) is 5.70. The van der Waals surface area contributed by atoms with Gasteiger partial charge in [-0.15, -0.1) is 0 Å². The molecule has 1 aromatic heterocycles. The number of hydrogen-bond acceptors (Lipinski definition) is 8. The third-order valence-corrected chi connectivity index (χ3v) is 8.27. The Balaban J connectivity index is 1.68. The Kier molecular flexibility index (Phi) is 9.25. The number of aromatic nitrogens is 1. The second-order valence-corrected chi connectivity index (χ2v) is 11.3. The number of carbonyl (C=O) groups excluding carboxylic acids is 1. The lowest BCUT2D eigenvalue weighted by molar-refractivity contribution is -0.139. The molecule has 0 saturated heterocycles. The molecule has 8 nitrogen and oxygen atoms in total. The van der Waals surface area contributed by atoms with Crippen molar-refractivity contribution < 1.29 is 23.7 Å². The lowest BCUT2D eigenvalue weighted by Crippen LogP contribution is -2.40. The van der Waals surface area contributed by atoms with Crippen LogP contribution < -0.4 is 29.1 Å². The maximum absolute atomic E-state index is 14.1. The van der Waals surface area contributed by atoms with Crippen molar-refractivity contribution in [3.05, 3.63) is 118 Å². The Hall–Kier alpha value is -4.05. The highest BCUT2D eigenvalue weighted by Gasteiger charge is 2.34. The number of ether oxygens (including phenoxy) is 4. The van der Waals surface area contributed by atoms with E-state index in [1.54, 1.807) is 50.3 Å². The van der Waals surface area contributed by atoms with Crippen LogP contribution in [0.2, 0.25) is 10.0 Å². The molecule has 4 aromatic rings. The van der Waals surface area contributed by atoms with Crippen molar-refractivity contribution in [1.82, 2.24) is 4.57 Å². The van der Waals surface area contributed by atoms with Gasteiger partial charge >= 0.3 is 5.97 Å². The number of nitrogens with zero attached hydrogens (tertiary/aromatic N) is 2. The molecule has 0 N–H and O–H groups in total. The summed E-state index contributed by atoms with van der Waals surface area (Å²) in [6.07, 6.45) is 1.68. The summed E-state index contributed by atoms with van der Waals surface area (Å²) in [6, 6.07) is 17.4. The Labute approximate surface area is 262 Å². The number of methoxy groups -OCH3 is 2. The second-order valence-electron chi connectivity index (χ2n) is 9.50. The normalized spacial score (nSPS) is 14.7. The second kappa shape index (κ2) is 13.1. The third kappa shape index (κ3) is 6.20.